The molecule has 1 N–H and O–H groups in total. The van der Waals surface area contributed by atoms with Crippen molar-refractivity contribution in [3.05, 3.63) is 48.0 Å². The normalized spacial score (nSPS) is 22.0. The molecule has 1 aromatic heterocycles. The lowest BCUT2D eigenvalue weighted by molar-refractivity contribution is 0.176. The maximum atomic E-state index is 6.19. The maximum absolute atomic E-state index is 6.19. The molecule has 0 radical (unpaired) electrons. The summed E-state index contributed by atoms with van der Waals surface area (Å²) in [7, 11) is 0. The number of nitrogens with zero attached hydrogens (tertiary/aromatic N) is 3. The summed E-state index contributed by atoms with van der Waals surface area (Å²) < 4.78 is 6.19. The number of ether oxygens (including phenoxy) is 1. The first-order chi connectivity index (χ1) is 13.4. The Labute approximate surface area is 162 Å². The van der Waals surface area contributed by atoms with Gasteiger partial charge in [-0.25, -0.2) is 4.98 Å². The molecule has 5 heteroatoms. The standard InChI is InChI=1S/C22H32N4O/c1-4-12-25(13-5-1)15-16-27-21-9-3-2-7-19(21)17-26-14-6-8-20(18-26)22-23-10-11-24-22/h2-3,7,9-11,20H,1,4-6,8,12-18H2,(H,23,24). The van der Waals surface area contributed by atoms with Gasteiger partial charge in [-0.15, -0.1) is 0 Å². The summed E-state index contributed by atoms with van der Waals surface area (Å²) in [6, 6.07) is 8.55. The predicted molar refractivity (Wildman–Crippen MR) is 108 cm³/mol. The smallest absolute Gasteiger partial charge is 0.123 e. The van der Waals surface area contributed by atoms with Crippen molar-refractivity contribution < 1.29 is 4.74 Å². The number of imidazole rings is 1. The minimum Gasteiger partial charge on any atom is -0.492 e. The van der Waals surface area contributed by atoms with E-state index in [0.717, 1.165) is 44.4 Å². The van der Waals surface area contributed by atoms with E-state index in [2.05, 4.69) is 44.0 Å². The number of hydrogen-bond acceptors (Lipinski definition) is 4. The molecule has 0 amide bonds. The molecule has 1 aromatic carbocycles. The van der Waals surface area contributed by atoms with E-state index in [1.807, 2.05) is 12.4 Å². The number of hydrogen-bond donors (Lipinski definition) is 1. The number of para-hydroxylation sites is 1. The fourth-order valence-electron chi connectivity index (χ4n) is 4.41. The van der Waals surface area contributed by atoms with Gasteiger partial charge in [-0.3, -0.25) is 9.80 Å². The minimum absolute atomic E-state index is 0.515. The van der Waals surface area contributed by atoms with Crippen LogP contribution in [0.25, 0.3) is 0 Å². The highest BCUT2D eigenvalue weighted by Crippen LogP contribution is 2.27. The lowest BCUT2D eigenvalue weighted by Crippen LogP contribution is -2.34. The molecule has 2 aromatic rings. The van der Waals surface area contributed by atoms with E-state index in [1.165, 1.54) is 50.8 Å². The Hall–Kier alpha value is -1.85. The maximum Gasteiger partial charge on any atom is 0.123 e. The van der Waals surface area contributed by atoms with Gasteiger partial charge in [0, 0.05) is 43.5 Å². The molecule has 0 aliphatic carbocycles. The van der Waals surface area contributed by atoms with Crippen LogP contribution in [0.5, 0.6) is 5.75 Å². The lowest BCUT2D eigenvalue weighted by Gasteiger charge is -2.32. The number of benzene rings is 1. The van der Waals surface area contributed by atoms with Crippen molar-refractivity contribution in [2.24, 2.45) is 0 Å². The van der Waals surface area contributed by atoms with E-state index >= 15 is 0 Å². The SMILES string of the molecule is c1ccc(OCCN2CCCCC2)c(CN2CCCC(c3ncc[nH]3)C2)c1. The van der Waals surface area contributed by atoms with Crippen LogP contribution < -0.4 is 4.74 Å². The molecule has 0 bridgehead atoms. The molecule has 0 saturated carbocycles. The van der Waals surface area contributed by atoms with Gasteiger partial charge in [0.05, 0.1) is 0 Å². The number of aromatic amines is 1. The lowest BCUT2D eigenvalue weighted by atomic mass is 9.97. The Morgan fingerprint density at radius 1 is 1.04 bits per heavy atom. The molecule has 5 nitrogen and oxygen atoms in total. The van der Waals surface area contributed by atoms with Gasteiger partial charge >= 0.3 is 0 Å². The zero-order valence-electron chi connectivity index (χ0n) is 16.3. The van der Waals surface area contributed by atoms with Gasteiger partial charge in [0.25, 0.3) is 0 Å². The number of piperidine rings is 2. The van der Waals surface area contributed by atoms with E-state index in [9.17, 15) is 0 Å². The third-order valence-electron chi connectivity index (χ3n) is 5.89. The van der Waals surface area contributed by atoms with Crippen LogP contribution in [0.3, 0.4) is 0 Å². The molecule has 3 heterocycles. The first-order valence-corrected chi connectivity index (χ1v) is 10.5. The number of rotatable bonds is 7. The average Bonchev–Trinajstić information content (AvgIpc) is 3.25. The first kappa shape index (κ1) is 18.5. The van der Waals surface area contributed by atoms with Gasteiger partial charge in [0.1, 0.15) is 18.2 Å². The molecule has 27 heavy (non-hydrogen) atoms. The van der Waals surface area contributed by atoms with Crippen LogP contribution in [0, 0.1) is 0 Å². The molecule has 2 fully saturated rings. The summed E-state index contributed by atoms with van der Waals surface area (Å²) in [6.07, 6.45) is 10.3. The zero-order valence-corrected chi connectivity index (χ0v) is 16.3. The summed E-state index contributed by atoms with van der Waals surface area (Å²) in [5.41, 5.74) is 1.30. The average molecular weight is 369 g/mol. The monoisotopic (exact) mass is 368 g/mol. The summed E-state index contributed by atoms with van der Waals surface area (Å²) in [4.78, 5) is 12.8. The Kier molecular flexibility index (Phi) is 6.43. The topological polar surface area (TPSA) is 44.4 Å². The fourth-order valence-corrected chi connectivity index (χ4v) is 4.41. The Balaban J connectivity index is 1.32. The number of nitrogens with one attached hydrogen (secondary N) is 1. The summed E-state index contributed by atoms with van der Waals surface area (Å²) >= 11 is 0. The zero-order chi connectivity index (χ0) is 18.3. The quantitative estimate of drug-likeness (QED) is 0.810. The summed E-state index contributed by atoms with van der Waals surface area (Å²) in [5, 5.41) is 0. The van der Waals surface area contributed by atoms with Crippen molar-refractivity contribution in [2.45, 2.75) is 44.6 Å². The minimum atomic E-state index is 0.515. The third kappa shape index (κ3) is 5.11. The van der Waals surface area contributed by atoms with Crippen molar-refractivity contribution in [2.75, 3.05) is 39.3 Å². The molecule has 2 saturated heterocycles. The van der Waals surface area contributed by atoms with Crippen LogP contribution in [0.4, 0.5) is 0 Å². The van der Waals surface area contributed by atoms with Crippen LogP contribution >= 0.6 is 0 Å². The molecular formula is C22H32N4O. The van der Waals surface area contributed by atoms with E-state index in [-0.39, 0.29) is 0 Å². The summed E-state index contributed by atoms with van der Waals surface area (Å²) in [5.74, 6) is 2.70. The van der Waals surface area contributed by atoms with Gasteiger partial charge < -0.3 is 9.72 Å². The van der Waals surface area contributed by atoms with Crippen LogP contribution in [0.15, 0.2) is 36.7 Å². The van der Waals surface area contributed by atoms with Crippen molar-refractivity contribution >= 4 is 0 Å². The Bertz CT molecular complexity index is 681. The molecule has 0 spiro atoms. The molecular weight excluding hydrogens is 336 g/mol. The number of H-pyrrole nitrogens is 1. The van der Waals surface area contributed by atoms with Crippen molar-refractivity contribution in [1.29, 1.82) is 0 Å². The van der Waals surface area contributed by atoms with Gasteiger partial charge in [-0.1, -0.05) is 24.6 Å². The van der Waals surface area contributed by atoms with Crippen molar-refractivity contribution in [1.82, 2.24) is 19.8 Å². The Morgan fingerprint density at radius 2 is 1.89 bits per heavy atom. The highest BCUT2D eigenvalue weighted by molar-refractivity contribution is 5.33. The van der Waals surface area contributed by atoms with E-state index in [1.54, 1.807) is 0 Å². The second-order valence-corrected chi connectivity index (χ2v) is 7.91. The molecule has 146 valence electrons. The second-order valence-electron chi connectivity index (χ2n) is 7.91. The van der Waals surface area contributed by atoms with E-state index in [0.29, 0.717) is 5.92 Å². The number of likely N-dealkylation sites (tertiary alicyclic amines) is 2. The van der Waals surface area contributed by atoms with Crippen LogP contribution in [0.2, 0.25) is 0 Å². The van der Waals surface area contributed by atoms with Crippen LogP contribution in [0.1, 0.15) is 49.4 Å². The number of aromatic nitrogens is 2. The molecule has 1 atom stereocenters. The van der Waals surface area contributed by atoms with Gasteiger partial charge in [0.2, 0.25) is 0 Å². The first-order valence-electron chi connectivity index (χ1n) is 10.5. The van der Waals surface area contributed by atoms with Gasteiger partial charge in [-0.2, -0.15) is 0 Å². The van der Waals surface area contributed by atoms with Gasteiger partial charge in [-0.05, 0) is 51.4 Å². The molecule has 4 rings (SSSR count). The highest BCUT2D eigenvalue weighted by atomic mass is 16.5. The highest BCUT2D eigenvalue weighted by Gasteiger charge is 2.23. The van der Waals surface area contributed by atoms with Gasteiger partial charge in [0.15, 0.2) is 0 Å². The van der Waals surface area contributed by atoms with Crippen molar-refractivity contribution in [3.8, 4) is 5.75 Å². The summed E-state index contributed by atoms with van der Waals surface area (Å²) in [6.45, 7) is 7.45. The largest absolute Gasteiger partial charge is 0.492 e. The van der Waals surface area contributed by atoms with Crippen LogP contribution in [-0.4, -0.2) is 59.1 Å². The predicted octanol–water partition coefficient (Wildman–Crippen LogP) is 3.65. The molecule has 1 unspecified atom stereocenters. The van der Waals surface area contributed by atoms with E-state index in [4.69, 9.17) is 4.74 Å². The third-order valence-corrected chi connectivity index (χ3v) is 5.89. The second kappa shape index (κ2) is 9.38. The van der Waals surface area contributed by atoms with E-state index < -0.39 is 0 Å². The molecule has 2 aliphatic rings. The molecule has 2 aliphatic heterocycles. The van der Waals surface area contributed by atoms with Crippen molar-refractivity contribution in [3.63, 3.8) is 0 Å². The Morgan fingerprint density at radius 3 is 2.74 bits per heavy atom. The van der Waals surface area contributed by atoms with Crippen LogP contribution in [-0.2, 0) is 6.54 Å². The fraction of sp³-hybridized carbons (Fsp3) is 0.591.